The number of ether oxygens (including phenoxy) is 1. The maximum Gasteiger partial charge on any atom is 0.255 e. The first-order valence-electron chi connectivity index (χ1n) is 10.5. The van der Waals surface area contributed by atoms with Crippen molar-refractivity contribution < 1.29 is 14.3 Å². The summed E-state index contributed by atoms with van der Waals surface area (Å²) in [5, 5.41) is 5.86. The lowest BCUT2D eigenvalue weighted by Crippen LogP contribution is -2.15. The van der Waals surface area contributed by atoms with Crippen LogP contribution < -0.4 is 15.4 Å². The fourth-order valence-corrected chi connectivity index (χ4v) is 3.04. The van der Waals surface area contributed by atoms with Gasteiger partial charge in [0.1, 0.15) is 5.75 Å². The Morgan fingerprint density at radius 2 is 1.76 bits per heavy atom. The minimum absolute atomic E-state index is 0.0573. The highest BCUT2D eigenvalue weighted by Crippen LogP contribution is 2.31. The molecule has 3 rings (SSSR count). The number of nitrogens with one attached hydrogen (secondary N) is 2. The minimum atomic E-state index is -0.192. The van der Waals surface area contributed by atoms with Gasteiger partial charge in [-0.25, -0.2) is 0 Å². The second kappa shape index (κ2) is 10.1. The Kier molecular flexibility index (Phi) is 7.28. The van der Waals surface area contributed by atoms with Gasteiger partial charge in [-0.05, 0) is 68.1 Å². The lowest BCUT2D eigenvalue weighted by atomic mass is 10.1. The predicted octanol–water partition coefficient (Wildman–Crippen LogP) is 5.55. The largest absolute Gasteiger partial charge is 0.494 e. The minimum Gasteiger partial charge on any atom is -0.494 e. The van der Waals surface area contributed by atoms with Crippen LogP contribution in [0.3, 0.4) is 0 Å². The van der Waals surface area contributed by atoms with E-state index in [0.717, 1.165) is 36.3 Å². The summed E-state index contributed by atoms with van der Waals surface area (Å²) in [7, 11) is 0. The van der Waals surface area contributed by atoms with Crippen molar-refractivity contribution in [1.29, 1.82) is 0 Å². The van der Waals surface area contributed by atoms with Crippen LogP contribution in [0.5, 0.6) is 5.75 Å². The average Bonchev–Trinajstić information content (AvgIpc) is 3.56. The molecule has 2 aromatic carbocycles. The van der Waals surface area contributed by atoms with E-state index in [2.05, 4.69) is 17.6 Å². The molecule has 1 aliphatic carbocycles. The summed E-state index contributed by atoms with van der Waals surface area (Å²) in [5.74, 6) is 0.781. The third kappa shape index (κ3) is 6.34. The first-order chi connectivity index (χ1) is 14.1. The number of anilines is 2. The van der Waals surface area contributed by atoms with E-state index in [9.17, 15) is 9.59 Å². The summed E-state index contributed by atoms with van der Waals surface area (Å²) in [6, 6.07) is 12.7. The van der Waals surface area contributed by atoms with E-state index < -0.39 is 0 Å². The second-order valence-electron chi connectivity index (χ2n) is 7.68. The topological polar surface area (TPSA) is 67.4 Å². The van der Waals surface area contributed by atoms with Crippen molar-refractivity contribution in [2.45, 2.75) is 52.4 Å². The number of amides is 2. The molecule has 29 heavy (non-hydrogen) atoms. The van der Waals surface area contributed by atoms with Gasteiger partial charge in [-0.2, -0.15) is 0 Å². The smallest absolute Gasteiger partial charge is 0.255 e. The summed E-state index contributed by atoms with van der Waals surface area (Å²) in [6.07, 6.45) is 6.58. The van der Waals surface area contributed by atoms with Gasteiger partial charge in [0.25, 0.3) is 5.91 Å². The zero-order valence-electron chi connectivity index (χ0n) is 17.3. The van der Waals surface area contributed by atoms with Crippen molar-refractivity contribution in [2.75, 3.05) is 17.2 Å². The molecule has 0 unspecified atom stereocenters. The summed E-state index contributed by atoms with van der Waals surface area (Å²) < 4.78 is 5.72. The average molecular weight is 395 g/mol. The van der Waals surface area contributed by atoms with Gasteiger partial charge in [0.05, 0.1) is 6.61 Å². The number of carbonyl (C=O) groups is 2. The van der Waals surface area contributed by atoms with Crippen LogP contribution in [0.1, 0.15) is 61.4 Å². The number of unbranched alkanes of at least 4 members (excludes halogenated alkanes) is 3. The Morgan fingerprint density at radius 3 is 2.45 bits per heavy atom. The Labute approximate surface area is 172 Å². The molecule has 5 heteroatoms. The first-order valence-corrected chi connectivity index (χ1v) is 10.5. The molecule has 2 N–H and O–H groups in total. The van der Waals surface area contributed by atoms with Gasteiger partial charge in [-0.15, -0.1) is 0 Å². The van der Waals surface area contributed by atoms with Gasteiger partial charge in [0, 0.05) is 22.9 Å². The zero-order valence-corrected chi connectivity index (χ0v) is 17.3. The standard InChI is InChI=1S/C24H30N2O3/c1-3-4-5-6-15-29-21-13-10-19(11-14-21)23(27)25-20-12-7-17(2)22(16-20)26-24(28)18-8-9-18/h7,10-14,16,18H,3-6,8-9,15H2,1-2H3,(H,25,27)(H,26,28). The molecule has 0 heterocycles. The molecule has 0 radical (unpaired) electrons. The van der Waals surface area contributed by atoms with E-state index in [4.69, 9.17) is 4.74 Å². The second-order valence-corrected chi connectivity index (χ2v) is 7.68. The van der Waals surface area contributed by atoms with Crippen molar-refractivity contribution in [3.05, 3.63) is 53.6 Å². The fourth-order valence-electron chi connectivity index (χ4n) is 3.04. The normalized spacial score (nSPS) is 13.0. The van der Waals surface area contributed by atoms with Gasteiger partial charge in [0.2, 0.25) is 5.91 Å². The Bertz CT molecular complexity index is 842. The van der Waals surface area contributed by atoms with Crippen LogP contribution in [0.15, 0.2) is 42.5 Å². The van der Waals surface area contributed by atoms with Crippen LogP contribution in [-0.4, -0.2) is 18.4 Å². The lowest BCUT2D eigenvalue weighted by Gasteiger charge is -2.12. The first kappa shape index (κ1) is 20.9. The van der Waals surface area contributed by atoms with Crippen LogP contribution in [-0.2, 0) is 4.79 Å². The maximum absolute atomic E-state index is 12.6. The van der Waals surface area contributed by atoms with E-state index in [1.807, 2.05) is 31.2 Å². The van der Waals surface area contributed by atoms with Crippen LogP contribution in [0, 0.1) is 12.8 Å². The number of carbonyl (C=O) groups excluding carboxylic acids is 2. The van der Waals surface area contributed by atoms with E-state index >= 15 is 0 Å². The van der Waals surface area contributed by atoms with Crippen LogP contribution >= 0.6 is 0 Å². The highest BCUT2D eigenvalue weighted by Gasteiger charge is 2.29. The van der Waals surface area contributed by atoms with Crippen molar-refractivity contribution in [1.82, 2.24) is 0 Å². The van der Waals surface area contributed by atoms with Crippen LogP contribution in [0.25, 0.3) is 0 Å². The third-order valence-electron chi connectivity index (χ3n) is 5.08. The number of hydrogen-bond acceptors (Lipinski definition) is 3. The molecule has 5 nitrogen and oxygen atoms in total. The van der Waals surface area contributed by atoms with E-state index in [1.54, 1.807) is 18.2 Å². The van der Waals surface area contributed by atoms with Crippen LogP contribution in [0.2, 0.25) is 0 Å². The maximum atomic E-state index is 12.6. The Balaban J connectivity index is 1.54. The molecule has 2 aromatic rings. The monoisotopic (exact) mass is 394 g/mol. The summed E-state index contributed by atoms with van der Waals surface area (Å²) in [4.78, 5) is 24.6. The fraction of sp³-hybridized carbons (Fsp3) is 0.417. The molecule has 0 saturated heterocycles. The molecule has 0 atom stereocenters. The van der Waals surface area contributed by atoms with Gasteiger partial charge in [0.15, 0.2) is 0 Å². The molecule has 0 aromatic heterocycles. The quantitative estimate of drug-likeness (QED) is 0.519. The highest BCUT2D eigenvalue weighted by molar-refractivity contribution is 6.05. The van der Waals surface area contributed by atoms with Crippen molar-refractivity contribution in [2.24, 2.45) is 5.92 Å². The summed E-state index contributed by atoms with van der Waals surface area (Å²) in [5.41, 5.74) is 2.93. The lowest BCUT2D eigenvalue weighted by molar-refractivity contribution is -0.117. The molecule has 0 aliphatic heterocycles. The molecule has 1 aliphatic rings. The van der Waals surface area contributed by atoms with Gasteiger partial charge >= 0.3 is 0 Å². The number of rotatable bonds is 10. The highest BCUT2D eigenvalue weighted by atomic mass is 16.5. The third-order valence-corrected chi connectivity index (χ3v) is 5.08. The van der Waals surface area contributed by atoms with E-state index in [-0.39, 0.29) is 17.7 Å². The van der Waals surface area contributed by atoms with Crippen molar-refractivity contribution in [3.8, 4) is 5.75 Å². The number of benzene rings is 2. The summed E-state index contributed by atoms with van der Waals surface area (Å²) >= 11 is 0. The van der Waals surface area contributed by atoms with Crippen molar-refractivity contribution >= 4 is 23.2 Å². The van der Waals surface area contributed by atoms with Crippen LogP contribution in [0.4, 0.5) is 11.4 Å². The number of hydrogen-bond donors (Lipinski definition) is 2. The zero-order chi connectivity index (χ0) is 20.6. The molecule has 2 amide bonds. The predicted molar refractivity (Wildman–Crippen MR) is 117 cm³/mol. The Morgan fingerprint density at radius 1 is 1.00 bits per heavy atom. The summed E-state index contributed by atoms with van der Waals surface area (Å²) in [6.45, 7) is 4.83. The Hall–Kier alpha value is -2.82. The number of aryl methyl sites for hydroxylation is 1. The SMILES string of the molecule is CCCCCCOc1ccc(C(=O)Nc2ccc(C)c(NC(=O)C3CC3)c2)cc1. The van der Waals surface area contributed by atoms with Gasteiger partial charge in [-0.3, -0.25) is 9.59 Å². The molecular formula is C24H30N2O3. The van der Waals surface area contributed by atoms with E-state index in [0.29, 0.717) is 17.9 Å². The molecule has 1 fully saturated rings. The van der Waals surface area contributed by atoms with E-state index in [1.165, 1.54) is 19.3 Å². The molecular weight excluding hydrogens is 364 g/mol. The molecule has 1 saturated carbocycles. The molecule has 154 valence electrons. The van der Waals surface area contributed by atoms with Gasteiger partial charge in [-0.1, -0.05) is 32.3 Å². The van der Waals surface area contributed by atoms with Crippen molar-refractivity contribution in [3.63, 3.8) is 0 Å². The molecule has 0 spiro atoms. The van der Waals surface area contributed by atoms with Gasteiger partial charge < -0.3 is 15.4 Å². The molecule has 0 bridgehead atoms.